The third-order valence-corrected chi connectivity index (χ3v) is 16.6. The van der Waals surface area contributed by atoms with Gasteiger partial charge in [0.1, 0.15) is 30.2 Å². The summed E-state index contributed by atoms with van der Waals surface area (Å²) < 4.78 is 18.0. The number of aromatic nitrogens is 5. The van der Waals surface area contributed by atoms with Gasteiger partial charge in [-0.25, -0.2) is 9.97 Å². The molecule has 4 aliphatic rings. The van der Waals surface area contributed by atoms with E-state index in [4.69, 9.17) is 31.3 Å². The molecule has 4 aromatic heterocycles. The number of halogens is 1. The molecule has 20 heteroatoms. The van der Waals surface area contributed by atoms with E-state index < -0.39 is 18.1 Å². The number of benzene rings is 2. The molecule has 0 saturated carbocycles. The summed E-state index contributed by atoms with van der Waals surface area (Å²) in [7, 11) is 0. The number of likely N-dealkylation sites (tertiary alicyclic amines) is 1. The smallest absolute Gasteiger partial charge is 0.273 e. The van der Waals surface area contributed by atoms with Gasteiger partial charge in [-0.2, -0.15) is 0 Å². The summed E-state index contributed by atoms with van der Waals surface area (Å²) in [6.07, 6.45) is 3.30. The van der Waals surface area contributed by atoms with Crippen molar-refractivity contribution >= 4 is 51.9 Å². The predicted molar refractivity (Wildman–Crippen MR) is 290 cm³/mol. The summed E-state index contributed by atoms with van der Waals surface area (Å²) in [6, 6.07) is 21.9. The van der Waals surface area contributed by atoms with Gasteiger partial charge < -0.3 is 44.9 Å². The minimum atomic E-state index is -0.873. The number of nitrogen functional groups attached to an aromatic ring is 1. The topological polar surface area (TPSA) is 205 Å². The Bertz CT molecular complexity index is 2930. The fourth-order valence-electron chi connectivity index (χ4n) is 11.2. The number of β-amino-alcohol motifs (C(OH)–C–C–N with tert-alkyl or cyclic N) is 1. The van der Waals surface area contributed by atoms with Crippen molar-refractivity contribution in [1.29, 1.82) is 0 Å². The summed E-state index contributed by atoms with van der Waals surface area (Å²) >= 11 is 8.44. The van der Waals surface area contributed by atoms with Crippen LogP contribution in [0.3, 0.4) is 0 Å². The van der Waals surface area contributed by atoms with Crippen LogP contribution in [-0.4, -0.2) is 153 Å². The van der Waals surface area contributed by atoms with Crippen LogP contribution in [0, 0.1) is 19.8 Å². The van der Waals surface area contributed by atoms with Crippen LogP contribution < -0.4 is 30.3 Å². The summed E-state index contributed by atoms with van der Waals surface area (Å²) in [5, 5.41) is 26.9. The summed E-state index contributed by atoms with van der Waals surface area (Å²) in [5.41, 5.74) is 16.3. The average molecular weight is 1060 g/mol. The van der Waals surface area contributed by atoms with E-state index in [1.807, 2.05) is 75.8 Å². The number of hydrogen-bond donors (Lipinski definition) is 3. The van der Waals surface area contributed by atoms with Crippen LogP contribution in [0.25, 0.3) is 21.7 Å². The zero-order valence-corrected chi connectivity index (χ0v) is 44.8. The number of aryl methyl sites for hydroxylation is 2. The van der Waals surface area contributed by atoms with Crippen molar-refractivity contribution in [2.45, 2.75) is 90.1 Å². The van der Waals surface area contributed by atoms with Gasteiger partial charge >= 0.3 is 0 Å². The Morgan fingerprint density at radius 1 is 0.907 bits per heavy atom. The minimum absolute atomic E-state index is 0.0123. The van der Waals surface area contributed by atoms with Gasteiger partial charge in [0.05, 0.1) is 39.6 Å². The molecule has 8 heterocycles. The molecular formula is C55H67ClN12O6S. The number of piperazine rings is 2. The van der Waals surface area contributed by atoms with Crippen LogP contribution in [0.2, 0.25) is 5.02 Å². The Morgan fingerprint density at radius 3 is 2.29 bits per heavy atom. The lowest BCUT2D eigenvalue weighted by atomic mass is 9.91. The Labute approximate surface area is 447 Å². The van der Waals surface area contributed by atoms with E-state index in [0.29, 0.717) is 43.5 Å². The molecule has 2 aromatic carbocycles. The number of carbonyl (C=O) groups excluding carboxylic acids is 2. The van der Waals surface area contributed by atoms with Crippen molar-refractivity contribution in [3.63, 3.8) is 0 Å². The molecule has 18 nitrogen and oxygen atoms in total. The van der Waals surface area contributed by atoms with Gasteiger partial charge in [-0.3, -0.25) is 19.4 Å². The third-order valence-electron chi connectivity index (χ3n) is 15.3. The molecule has 0 spiro atoms. The number of carbonyl (C=O) groups is 2. The monoisotopic (exact) mass is 1060 g/mol. The molecule has 2 amide bonds. The fraction of sp³-hybridized carbons (Fsp3) is 0.473. The standard InChI is InChI=1S/C55H67ClN12O6S/c1-33(2)48(55(71)67-31-42(69)27-46(67)53(70)60-35(4)37-10-12-38(13-11-37)51-36(5)59-32-75-51)50-49(56)54(63-74-50)73-25-23-65-20-18-64(19-21-65)22-24-72-47-26-39(16-17-58-47)68-40-14-15-41(68)30-66(29-40)45-28-44(61-62-52(45)57)43-9-7-6-8-34(43)3/h6-13,16-17,26,28,32-33,35,40-42,46,48,69H,14-15,18-25,27,29-31H2,1-5H3,(H2,57,62)(H,60,70)/t35-,40?,41?,42+,46-,48?/m0/s1. The SMILES string of the molecule is Cc1ccccc1-c1cc(N2CC3CCC(C2)N3c2ccnc(OCCN3CCN(CCOc4noc(C(C(=O)N5C[C@H](O)C[C@H]5C(=O)N[C@@H](C)c5ccc(-c6scnc6C)cc5)C(C)C)c4Cl)CC3)c2)c(N)nn1. The number of nitrogens with two attached hydrogens (primary N) is 1. The van der Waals surface area contributed by atoms with Crippen LogP contribution >= 0.6 is 22.9 Å². The lowest BCUT2D eigenvalue weighted by Gasteiger charge is -2.43. The van der Waals surface area contributed by atoms with E-state index in [9.17, 15) is 14.7 Å². The van der Waals surface area contributed by atoms with E-state index in [2.05, 4.69) is 87.5 Å². The van der Waals surface area contributed by atoms with Crippen LogP contribution in [0.15, 0.2) is 83.0 Å². The molecule has 10 rings (SSSR count). The van der Waals surface area contributed by atoms with Crippen LogP contribution in [0.5, 0.6) is 11.8 Å². The lowest BCUT2D eigenvalue weighted by Crippen LogP contribution is -2.54. The molecule has 0 radical (unpaired) electrons. The average Bonchev–Trinajstić information content (AvgIpc) is 4.18. The summed E-state index contributed by atoms with van der Waals surface area (Å²) in [4.78, 5) is 49.2. The summed E-state index contributed by atoms with van der Waals surface area (Å²) in [6.45, 7) is 17.2. The fourth-order valence-corrected chi connectivity index (χ4v) is 12.3. The van der Waals surface area contributed by atoms with Gasteiger partial charge in [-0.1, -0.05) is 74.0 Å². The van der Waals surface area contributed by atoms with Crippen molar-refractivity contribution < 1.29 is 28.7 Å². The molecule has 2 bridgehead atoms. The van der Waals surface area contributed by atoms with Crippen molar-refractivity contribution in [2.75, 3.05) is 87.7 Å². The highest BCUT2D eigenvalue weighted by Gasteiger charge is 2.45. The number of aliphatic hydroxyl groups excluding tert-OH is 1. The molecule has 4 N–H and O–H groups in total. The molecule has 4 fully saturated rings. The first-order valence-electron chi connectivity index (χ1n) is 26.1. The second kappa shape index (κ2) is 22.8. The predicted octanol–water partition coefficient (Wildman–Crippen LogP) is 7.01. The lowest BCUT2D eigenvalue weighted by molar-refractivity contribution is -0.141. The van der Waals surface area contributed by atoms with Gasteiger partial charge in [0.25, 0.3) is 5.88 Å². The van der Waals surface area contributed by atoms with Gasteiger partial charge in [0.2, 0.25) is 17.7 Å². The molecular weight excluding hydrogens is 992 g/mol. The van der Waals surface area contributed by atoms with Gasteiger partial charge in [-0.05, 0) is 73.5 Å². The zero-order chi connectivity index (χ0) is 52.3. The van der Waals surface area contributed by atoms with Crippen LogP contribution in [-0.2, 0) is 9.59 Å². The number of rotatable bonds is 18. The summed E-state index contributed by atoms with van der Waals surface area (Å²) in [5.74, 6) is -0.443. The third kappa shape index (κ3) is 11.4. The number of nitrogens with one attached hydrogen (secondary N) is 1. The van der Waals surface area contributed by atoms with E-state index in [-0.39, 0.29) is 53.4 Å². The molecule has 6 atom stereocenters. The number of thiazole rings is 1. The first kappa shape index (κ1) is 52.1. The molecule has 4 aliphatic heterocycles. The number of aliphatic hydroxyl groups is 1. The maximum atomic E-state index is 14.3. The van der Waals surface area contributed by atoms with Gasteiger partial charge in [-0.15, -0.1) is 21.5 Å². The quantitative estimate of drug-likeness (QED) is 0.0792. The largest absolute Gasteiger partial charge is 0.476 e. The second-order valence-corrected chi connectivity index (χ2v) is 21.9. The highest BCUT2D eigenvalue weighted by molar-refractivity contribution is 7.13. The van der Waals surface area contributed by atoms with Gasteiger partial charge in [0, 0.05) is 101 Å². The normalized spacial score (nSPS) is 20.9. The molecule has 3 unspecified atom stereocenters. The number of amides is 2. The van der Waals surface area contributed by atoms with E-state index in [1.54, 1.807) is 11.3 Å². The molecule has 0 aliphatic carbocycles. The van der Waals surface area contributed by atoms with Crippen molar-refractivity contribution in [1.82, 2.24) is 45.3 Å². The van der Waals surface area contributed by atoms with Crippen LogP contribution in [0.1, 0.15) is 74.6 Å². The number of anilines is 3. The Kier molecular flexibility index (Phi) is 15.9. The van der Waals surface area contributed by atoms with Crippen molar-refractivity contribution in [3.8, 4) is 33.5 Å². The maximum absolute atomic E-state index is 14.3. The Balaban J connectivity index is 0.666. The number of fused-ring (bicyclic) bond motifs is 2. The maximum Gasteiger partial charge on any atom is 0.273 e. The van der Waals surface area contributed by atoms with Crippen LogP contribution in [0.4, 0.5) is 17.2 Å². The number of ether oxygens (including phenoxy) is 2. The van der Waals surface area contributed by atoms with Gasteiger partial charge in [0.15, 0.2) is 11.6 Å². The molecule has 4 saturated heterocycles. The first-order valence-corrected chi connectivity index (χ1v) is 27.4. The number of hydrogen-bond acceptors (Lipinski definition) is 17. The first-order chi connectivity index (χ1) is 36.3. The zero-order valence-electron chi connectivity index (χ0n) is 43.3. The number of pyridine rings is 1. The van der Waals surface area contributed by atoms with E-state index in [1.165, 1.54) is 4.90 Å². The second-order valence-electron chi connectivity index (χ2n) is 20.6. The van der Waals surface area contributed by atoms with E-state index >= 15 is 0 Å². The molecule has 75 heavy (non-hydrogen) atoms. The van der Waals surface area contributed by atoms with Crippen molar-refractivity contribution in [2.24, 2.45) is 5.92 Å². The highest BCUT2D eigenvalue weighted by Crippen LogP contribution is 2.41. The minimum Gasteiger partial charge on any atom is -0.476 e. The molecule has 6 aromatic rings. The molecule has 396 valence electrons. The Hall–Kier alpha value is -6.38. The Morgan fingerprint density at radius 2 is 1.61 bits per heavy atom. The van der Waals surface area contributed by atoms with E-state index in [0.717, 1.165) is 109 Å². The number of nitrogens with zero attached hydrogens (tertiary/aromatic N) is 10. The highest BCUT2D eigenvalue weighted by atomic mass is 35.5. The van der Waals surface area contributed by atoms with Crippen molar-refractivity contribution in [3.05, 3.63) is 106 Å².